The largest absolute Gasteiger partial charge is 0.387 e. The molecule has 0 radical (unpaired) electrons. The summed E-state index contributed by atoms with van der Waals surface area (Å²) in [4.78, 5) is 15.8. The summed E-state index contributed by atoms with van der Waals surface area (Å²) >= 11 is 0. The van der Waals surface area contributed by atoms with E-state index in [0.29, 0.717) is 5.92 Å². The second kappa shape index (κ2) is 7.88. The van der Waals surface area contributed by atoms with Crippen LogP contribution in [0.25, 0.3) is 0 Å². The number of anilines is 1. The first-order valence-corrected chi connectivity index (χ1v) is 9.50. The molecule has 1 unspecified atom stereocenters. The molecule has 0 bridgehead atoms. The van der Waals surface area contributed by atoms with Crippen LogP contribution >= 0.6 is 0 Å². The van der Waals surface area contributed by atoms with Gasteiger partial charge in [-0.15, -0.1) is 0 Å². The highest BCUT2D eigenvalue weighted by atomic mass is 16.3. The number of aliphatic hydroxyl groups excluding tert-OH is 1. The predicted octanol–water partition coefficient (Wildman–Crippen LogP) is 3.16. The Bertz CT molecular complexity index is 869. The van der Waals surface area contributed by atoms with Gasteiger partial charge in [0.15, 0.2) is 0 Å². The molecular formula is C21H25N5O. The minimum atomic E-state index is -0.539. The average Bonchev–Trinajstić information content (AvgIpc) is 3.17. The third-order valence-corrected chi connectivity index (χ3v) is 5.19. The maximum Gasteiger partial charge on any atom is 0.128 e. The van der Waals surface area contributed by atoms with Gasteiger partial charge in [0, 0.05) is 43.8 Å². The Hall–Kier alpha value is -2.73. The number of aromatic nitrogens is 4. The van der Waals surface area contributed by atoms with Gasteiger partial charge in [0.2, 0.25) is 0 Å². The van der Waals surface area contributed by atoms with Gasteiger partial charge in [-0.05, 0) is 43.5 Å². The zero-order valence-electron chi connectivity index (χ0n) is 15.6. The number of imidazole rings is 1. The van der Waals surface area contributed by atoms with Gasteiger partial charge in [-0.2, -0.15) is 0 Å². The summed E-state index contributed by atoms with van der Waals surface area (Å²) in [5.74, 6) is 2.56. The fourth-order valence-electron chi connectivity index (χ4n) is 3.72. The van der Waals surface area contributed by atoms with Crippen molar-refractivity contribution in [2.75, 3.05) is 18.0 Å². The summed E-state index contributed by atoms with van der Waals surface area (Å²) in [6, 6.07) is 9.93. The van der Waals surface area contributed by atoms with Crippen LogP contribution < -0.4 is 4.90 Å². The second-order valence-corrected chi connectivity index (χ2v) is 7.13. The molecule has 0 aliphatic carbocycles. The van der Waals surface area contributed by atoms with Gasteiger partial charge >= 0.3 is 0 Å². The van der Waals surface area contributed by atoms with Crippen LogP contribution in [0.2, 0.25) is 0 Å². The first-order valence-electron chi connectivity index (χ1n) is 9.50. The summed E-state index contributed by atoms with van der Waals surface area (Å²) in [7, 11) is 0. The van der Waals surface area contributed by atoms with Gasteiger partial charge in [0.05, 0.1) is 18.3 Å². The molecule has 0 spiro atoms. The third kappa shape index (κ3) is 4.01. The van der Waals surface area contributed by atoms with Crippen LogP contribution in [-0.4, -0.2) is 37.7 Å². The molecule has 4 rings (SSSR count). The first kappa shape index (κ1) is 17.7. The van der Waals surface area contributed by atoms with Crippen molar-refractivity contribution in [2.24, 2.45) is 0 Å². The Kier molecular flexibility index (Phi) is 5.16. The van der Waals surface area contributed by atoms with Crippen molar-refractivity contribution < 1.29 is 5.11 Å². The standard InChI is InChI=1S/C21H25N5O/c1-16(27)19-5-2-6-20(24-19)25-11-7-18(8-12-25)21-23-10-13-26(21)15-17-4-3-9-22-14-17/h2-6,9-10,13-14,16,18,27H,7-8,11-12,15H2,1H3. The molecular weight excluding hydrogens is 338 g/mol. The number of rotatable bonds is 5. The van der Waals surface area contributed by atoms with Gasteiger partial charge in [-0.1, -0.05) is 12.1 Å². The molecule has 3 aromatic rings. The van der Waals surface area contributed by atoms with Crippen molar-refractivity contribution in [1.29, 1.82) is 0 Å². The fourth-order valence-corrected chi connectivity index (χ4v) is 3.72. The van der Waals surface area contributed by atoms with Gasteiger partial charge < -0.3 is 14.6 Å². The molecule has 3 aromatic heterocycles. The summed E-state index contributed by atoms with van der Waals surface area (Å²) in [5.41, 5.74) is 1.91. The van der Waals surface area contributed by atoms with Crippen LogP contribution in [0.15, 0.2) is 55.1 Å². The molecule has 4 heterocycles. The van der Waals surface area contributed by atoms with E-state index in [1.807, 2.05) is 36.7 Å². The van der Waals surface area contributed by atoms with Crippen molar-refractivity contribution in [1.82, 2.24) is 19.5 Å². The van der Waals surface area contributed by atoms with Crippen LogP contribution in [0.5, 0.6) is 0 Å². The Morgan fingerprint density at radius 2 is 2.00 bits per heavy atom. The molecule has 27 heavy (non-hydrogen) atoms. The average molecular weight is 363 g/mol. The van der Waals surface area contributed by atoms with Crippen molar-refractivity contribution in [3.63, 3.8) is 0 Å². The zero-order chi connectivity index (χ0) is 18.6. The molecule has 6 nitrogen and oxygen atoms in total. The number of piperidine rings is 1. The fraction of sp³-hybridized carbons (Fsp3) is 0.381. The lowest BCUT2D eigenvalue weighted by molar-refractivity contribution is 0.194. The summed E-state index contributed by atoms with van der Waals surface area (Å²) in [5, 5.41) is 9.77. The molecule has 140 valence electrons. The highest BCUT2D eigenvalue weighted by Gasteiger charge is 2.25. The number of pyridine rings is 2. The van der Waals surface area contributed by atoms with Crippen LogP contribution in [0, 0.1) is 0 Å². The Labute approximate surface area is 159 Å². The van der Waals surface area contributed by atoms with E-state index in [4.69, 9.17) is 0 Å². The quantitative estimate of drug-likeness (QED) is 0.754. The lowest BCUT2D eigenvalue weighted by Crippen LogP contribution is -2.34. The molecule has 1 aliphatic heterocycles. The predicted molar refractivity (Wildman–Crippen MR) is 105 cm³/mol. The van der Waals surface area contributed by atoms with Crippen LogP contribution in [0.4, 0.5) is 5.82 Å². The molecule has 0 aromatic carbocycles. The molecule has 1 fully saturated rings. The lowest BCUT2D eigenvalue weighted by atomic mass is 9.95. The Balaban J connectivity index is 1.43. The monoisotopic (exact) mass is 363 g/mol. The molecule has 1 N–H and O–H groups in total. The van der Waals surface area contributed by atoms with Gasteiger partial charge in [-0.25, -0.2) is 9.97 Å². The highest BCUT2D eigenvalue weighted by molar-refractivity contribution is 5.40. The molecule has 6 heteroatoms. The normalized spacial score (nSPS) is 16.4. The van der Waals surface area contributed by atoms with E-state index >= 15 is 0 Å². The molecule has 1 saturated heterocycles. The van der Waals surface area contributed by atoms with Crippen LogP contribution in [0.1, 0.15) is 48.9 Å². The van der Waals surface area contributed by atoms with Crippen LogP contribution in [0.3, 0.4) is 0 Å². The summed E-state index contributed by atoms with van der Waals surface area (Å²) in [6.07, 6.45) is 9.22. The maximum absolute atomic E-state index is 9.77. The number of aliphatic hydroxyl groups is 1. The van der Waals surface area contributed by atoms with E-state index in [2.05, 4.69) is 36.7 Å². The van der Waals surface area contributed by atoms with Crippen LogP contribution in [-0.2, 0) is 6.54 Å². The van der Waals surface area contributed by atoms with E-state index in [9.17, 15) is 5.11 Å². The Morgan fingerprint density at radius 1 is 1.15 bits per heavy atom. The first-order chi connectivity index (χ1) is 13.2. The molecule has 1 atom stereocenters. The van der Waals surface area contributed by atoms with Gasteiger partial charge in [0.1, 0.15) is 11.6 Å². The molecule has 0 saturated carbocycles. The third-order valence-electron chi connectivity index (χ3n) is 5.19. The number of nitrogens with zero attached hydrogens (tertiary/aromatic N) is 5. The van der Waals surface area contributed by atoms with Crippen molar-refractivity contribution in [3.05, 3.63) is 72.2 Å². The van der Waals surface area contributed by atoms with Crippen molar-refractivity contribution >= 4 is 5.82 Å². The minimum absolute atomic E-state index is 0.452. The smallest absolute Gasteiger partial charge is 0.128 e. The maximum atomic E-state index is 9.77. The second-order valence-electron chi connectivity index (χ2n) is 7.13. The molecule has 0 amide bonds. The lowest BCUT2D eigenvalue weighted by Gasteiger charge is -2.33. The minimum Gasteiger partial charge on any atom is -0.387 e. The van der Waals surface area contributed by atoms with E-state index < -0.39 is 6.10 Å². The molecule has 1 aliphatic rings. The highest BCUT2D eigenvalue weighted by Crippen LogP contribution is 2.29. The van der Waals surface area contributed by atoms with Crippen molar-refractivity contribution in [3.8, 4) is 0 Å². The Morgan fingerprint density at radius 3 is 2.74 bits per heavy atom. The van der Waals surface area contributed by atoms with Crippen molar-refractivity contribution in [2.45, 2.75) is 38.3 Å². The van der Waals surface area contributed by atoms with Gasteiger partial charge in [-0.3, -0.25) is 4.98 Å². The van der Waals surface area contributed by atoms with E-state index in [1.165, 1.54) is 5.56 Å². The number of hydrogen-bond donors (Lipinski definition) is 1. The van der Waals surface area contributed by atoms with E-state index in [-0.39, 0.29) is 0 Å². The van der Waals surface area contributed by atoms with E-state index in [0.717, 1.165) is 49.8 Å². The van der Waals surface area contributed by atoms with Gasteiger partial charge in [0.25, 0.3) is 0 Å². The van der Waals surface area contributed by atoms with E-state index in [1.54, 1.807) is 13.1 Å². The SMILES string of the molecule is CC(O)c1cccc(N2CCC(c3nccn3Cc3cccnc3)CC2)n1. The summed E-state index contributed by atoms with van der Waals surface area (Å²) in [6.45, 7) is 4.45. The number of hydrogen-bond acceptors (Lipinski definition) is 5. The summed E-state index contributed by atoms with van der Waals surface area (Å²) < 4.78 is 2.24. The topological polar surface area (TPSA) is 67.1 Å². The zero-order valence-corrected chi connectivity index (χ0v) is 15.6.